The Morgan fingerprint density at radius 2 is 1.89 bits per heavy atom. The van der Waals surface area contributed by atoms with E-state index in [0.29, 0.717) is 47.4 Å². The highest BCUT2D eigenvalue weighted by Crippen LogP contribution is 2.32. The number of ether oxygens (including phenoxy) is 1. The number of sulfonamides is 1. The van der Waals surface area contributed by atoms with Crippen LogP contribution in [0.2, 0.25) is 0 Å². The number of benzene rings is 1. The lowest BCUT2D eigenvalue weighted by atomic mass is 10.1. The summed E-state index contributed by atoms with van der Waals surface area (Å²) in [4.78, 5) is 12.5. The van der Waals surface area contributed by atoms with Crippen LogP contribution in [0.15, 0.2) is 47.6 Å². The zero-order valence-electron chi connectivity index (χ0n) is 19.8. The predicted octanol–water partition coefficient (Wildman–Crippen LogP) is 3.62. The van der Waals surface area contributed by atoms with Gasteiger partial charge in [-0.25, -0.2) is 14.4 Å². The lowest BCUT2D eigenvalue weighted by Gasteiger charge is -2.27. The van der Waals surface area contributed by atoms with Crippen LogP contribution in [0, 0.1) is 6.92 Å². The number of fused-ring (bicyclic) bond motifs is 1. The molecule has 0 radical (unpaired) electrons. The first kappa shape index (κ1) is 25.8. The Hall–Kier alpha value is -3.85. The van der Waals surface area contributed by atoms with Gasteiger partial charge in [0.1, 0.15) is 17.7 Å². The molecule has 1 fully saturated rings. The summed E-state index contributed by atoms with van der Waals surface area (Å²) in [7, 11) is -4.40. The number of H-pyrrole nitrogens is 1. The Morgan fingerprint density at radius 1 is 1.13 bits per heavy atom. The molecule has 0 amide bonds. The SMILES string of the molecule is Cc1[nH]nc2nc(-c3ccc(NS(=O)(=O)c4cc(C(F)(F)F)ccn4)cc3)nc(O[C@@H]3CCNC[C@@H]3F)c12. The number of aromatic nitrogens is 5. The number of aryl methyl sites for hydroxylation is 1. The Bertz CT molecular complexity index is 1580. The van der Waals surface area contributed by atoms with Crippen LogP contribution in [0.5, 0.6) is 5.88 Å². The Kier molecular flexibility index (Phi) is 6.65. The number of hydrogen-bond donors (Lipinski definition) is 3. The van der Waals surface area contributed by atoms with Crippen LogP contribution in [-0.4, -0.2) is 58.9 Å². The van der Waals surface area contributed by atoms with E-state index in [2.05, 4.69) is 35.2 Å². The van der Waals surface area contributed by atoms with Crippen molar-refractivity contribution in [2.45, 2.75) is 36.8 Å². The van der Waals surface area contributed by atoms with Crippen LogP contribution < -0.4 is 14.8 Å². The number of halogens is 4. The maximum Gasteiger partial charge on any atom is 0.416 e. The van der Waals surface area contributed by atoms with E-state index < -0.39 is 39.1 Å². The van der Waals surface area contributed by atoms with Crippen molar-refractivity contribution in [3.8, 4) is 17.3 Å². The normalized spacial score (nSPS) is 18.4. The van der Waals surface area contributed by atoms with Crippen molar-refractivity contribution in [1.29, 1.82) is 0 Å². The lowest BCUT2D eigenvalue weighted by molar-refractivity contribution is -0.137. The minimum absolute atomic E-state index is 0.0797. The van der Waals surface area contributed by atoms with Gasteiger partial charge in [-0.05, 0) is 56.3 Å². The minimum atomic E-state index is -4.72. The second-order valence-electron chi connectivity index (χ2n) is 8.63. The van der Waals surface area contributed by atoms with Crippen LogP contribution in [0.4, 0.5) is 23.2 Å². The molecule has 200 valence electrons. The van der Waals surface area contributed by atoms with Gasteiger partial charge in [0.05, 0.1) is 5.56 Å². The molecular formula is C23H21F4N7O3S. The third kappa shape index (κ3) is 5.24. The Morgan fingerprint density at radius 3 is 2.61 bits per heavy atom. The summed E-state index contributed by atoms with van der Waals surface area (Å²) in [5.41, 5.74) is 0.382. The van der Waals surface area contributed by atoms with Crippen molar-refractivity contribution in [2.24, 2.45) is 0 Å². The zero-order chi connectivity index (χ0) is 27.1. The summed E-state index contributed by atoms with van der Waals surface area (Å²) in [6.45, 7) is 2.54. The molecule has 4 aromatic rings. The van der Waals surface area contributed by atoms with Gasteiger partial charge in [-0.3, -0.25) is 9.82 Å². The molecule has 38 heavy (non-hydrogen) atoms. The number of alkyl halides is 4. The number of anilines is 1. The largest absolute Gasteiger partial charge is 0.471 e. The molecule has 5 rings (SSSR count). The number of piperidine rings is 1. The van der Waals surface area contributed by atoms with Crippen molar-refractivity contribution in [1.82, 2.24) is 30.5 Å². The van der Waals surface area contributed by atoms with Gasteiger partial charge in [-0.15, -0.1) is 0 Å². The van der Waals surface area contributed by atoms with E-state index in [9.17, 15) is 26.0 Å². The molecule has 2 atom stereocenters. The smallest absolute Gasteiger partial charge is 0.416 e. The highest BCUT2D eigenvalue weighted by atomic mass is 32.2. The van der Waals surface area contributed by atoms with Crippen molar-refractivity contribution in [2.75, 3.05) is 17.8 Å². The van der Waals surface area contributed by atoms with Crippen LogP contribution in [0.25, 0.3) is 22.4 Å². The van der Waals surface area contributed by atoms with Crippen LogP contribution in [-0.2, 0) is 16.2 Å². The van der Waals surface area contributed by atoms with E-state index in [-0.39, 0.29) is 23.9 Å². The molecule has 0 unspecified atom stereocenters. The summed E-state index contributed by atoms with van der Waals surface area (Å²) in [6.07, 6.45) is -5.40. The first-order chi connectivity index (χ1) is 18.0. The average molecular weight is 552 g/mol. The van der Waals surface area contributed by atoms with E-state index in [4.69, 9.17) is 4.74 Å². The Balaban J connectivity index is 1.41. The van der Waals surface area contributed by atoms with Crippen molar-refractivity contribution in [3.63, 3.8) is 0 Å². The number of aromatic amines is 1. The van der Waals surface area contributed by atoms with Gasteiger partial charge in [0, 0.05) is 29.7 Å². The summed E-state index contributed by atoms with van der Waals surface area (Å²) in [5, 5.41) is 9.69. The number of nitrogens with one attached hydrogen (secondary N) is 3. The number of pyridine rings is 1. The fraction of sp³-hybridized carbons (Fsp3) is 0.304. The molecule has 0 saturated carbocycles. The van der Waals surface area contributed by atoms with Gasteiger partial charge >= 0.3 is 6.18 Å². The van der Waals surface area contributed by atoms with E-state index in [1.54, 1.807) is 6.92 Å². The first-order valence-electron chi connectivity index (χ1n) is 11.4. The summed E-state index contributed by atoms with van der Waals surface area (Å²) < 4.78 is 86.7. The van der Waals surface area contributed by atoms with Crippen LogP contribution >= 0.6 is 0 Å². The monoisotopic (exact) mass is 551 g/mol. The topological polar surface area (TPSA) is 135 Å². The van der Waals surface area contributed by atoms with Crippen molar-refractivity contribution < 1.29 is 30.7 Å². The van der Waals surface area contributed by atoms with Crippen LogP contribution in [0.3, 0.4) is 0 Å². The minimum Gasteiger partial charge on any atom is -0.471 e. The quantitative estimate of drug-likeness (QED) is 0.310. The van der Waals surface area contributed by atoms with Gasteiger partial charge in [-0.2, -0.15) is 31.7 Å². The van der Waals surface area contributed by atoms with Crippen molar-refractivity contribution >= 4 is 26.7 Å². The maximum atomic E-state index is 14.4. The molecular weight excluding hydrogens is 530 g/mol. The summed E-state index contributed by atoms with van der Waals surface area (Å²) in [6, 6.07) is 6.97. The van der Waals surface area contributed by atoms with E-state index >= 15 is 0 Å². The molecule has 0 spiro atoms. The first-order valence-corrected chi connectivity index (χ1v) is 12.9. The van der Waals surface area contributed by atoms with Gasteiger partial charge in [-0.1, -0.05) is 0 Å². The second-order valence-corrected chi connectivity index (χ2v) is 10.3. The molecule has 15 heteroatoms. The lowest BCUT2D eigenvalue weighted by Crippen LogP contribution is -2.44. The van der Waals surface area contributed by atoms with Crippen LogP contribution in [0.1, 0.15) is 17.7 Å². The highest BCUT2D eigenvalue weighted by molar-refractivity contribution is 7.92. The van der Waals surface area contributed by atoms with E-state index in [0.717, 1.165) is 6.20 Å². The fourth-order valence-corrected chi connectivity index (χ4v) is 4.98. The molecule has 0 bridgehead atoms. The number of nitrogens with zero attached hydrogens (tertiary/aromatic N) is 4. The molecule has 4 heterocycles. The molecule has 3 N–H and O–H groups in total. The van der Waals surface area contributed by atoms with E-state index in [1.165, 1.54) is 24.3 Å². The molecule has 1 aliphatic heterocycles. The zero-order valence-corrected chi connectivity index (χ0v) is 20.6. The van der Waals surface area contributed by atoms with E-state index in [1.807, 2.05) is 0 Å². The third-order valence-corrected chi connectivity index (χ3v) is 7.18. The number of hydrogen-bond acceptors (Lipinski definition) is 8. The van der Waals surface area contributed by atoms with Gasteiger partial charge in [0.2, 0.25) is 5.88 Å². The number of rotatable bonds is 6. The van der Waals surface area contributed by atoms with Gasteiger partial charge < -0.3 is 10.1 Å². The highest BCUT2D eigenvalue weighted by Gasteiger charge is 2.32. The average Bonchev–Trinajstić information content (AvgIpc) is 3.26. The predicted molar refractivity (Wildman–Crippen MR) is 129 cm³/mol. The summed E-state index contributed by atoms with van der Waals surface area (Å²) >= 11 is 0. The molecule has 10 nitrogen and oxygen atoms in total. The molecule has 1 aromatic carbocycles. The third-order valence-electron chi connectivity index (χ3n) is 5.91. The standard InChI is InChI=1S/C23H21F4N7O3S/c1-12-19-21(33-32-12)30-20(31-22(19)37-17-7-8-28-11-16(17)24)13-2-4-15(5-3-13)34-38(35,36)18-10-14(6-9-29-18)23(25,26)27/h2-6,9-10,16-17,28,34H,7-8,11H2,1H3,(H,30,31,32,33)/t16-,17+/m0/s1. The molecule has 3 aromatic heterocycles. The second kappa shape index (κ2) is 9.79. The summed E-state index contributed by atoms with van der Waals surface area (Å²) in [5.74, 6) is 0.378. The van der Waals surface area contributed by atoms with Gasteiger partial charge in [0.15, 0.2) is 16.5 Å². The Labute approximate surface area is 213 Å². The molecule has 1 saturated heterocycles. The van der Waals surface area contributed by atoms with Crippen molar-refractivity contribution in [3.05, 3.63) is 53.9 Å². The van der Waals surface area contributed by atoms with Gasteiger partial charge in [0.25, 0.3) is 10.0 Å². The maximum absolute atomic E-state index is 14.4. The molecule has 1 aliphatic rings. The fourth-order valence-electron chi connectivity index (χ4n) is 3.95. The molecule has 0 aliphatic carbocycles.